The van der Waals surface area contributed by atoms with Gasteiger partial charge >= 0.3 is 11.9 Å². The fourth-order valence-electron chi connectivity index (χ4n) is 1.68. The molecule has 0 saturated heterocycles. The Morgan fingerprint density at radius 3 is 2.68 bits per heavy atom. The molecule has 0 aliphatic rings. The molecule has 1 N–H and O–H groups in total. The van der Waals surface area contributed by atoms with Crippen molar-refractivity contribution in [3.63, 3.8) is 0 Å². The van der Waals surface area contributed by atoms with E-state index in [-0.39, 0.29) is 10.4 Å². The average Bonchev–Trinajstić information content (AvgIpc) is 2.86. The number of hydrogen-bond acceptors (Lipinski definition) is 4. The molecule has 6 heteroatoms. The third-order valence-electron chi connectivity index (χ3n) is 2.49. The number of halogens is 1. The summed E-state index contributed by atoms with van der Waals surface area (Å²) in [7, 11) is 1.19. The van der Waals surface area contributed by atoms with E-state index in [4.69, 9.17) is 5.11 Å². The molecule has 0 unspecified atom stereocenters. The quantitative estimate of drug-likeness (QED) is 0.878. The monoisotopic (exact) mass is 280 g/mol. The Balaban J connectivity index is 2.56. The maximum Gasteiger partial charge on any atom is 0.346 e. The lowest BCUT2D eigenvalue weighted by Crippen LogP contribution is -2.02. The second kappa shape index (κ2) is 5.19. The van der Waals surface area contributed by atoms with Crippen molar-refractivity contribution in [2.24, 2.45) is 0 Å². The molecule has 2 rings (SSSR count). The zero-order chi connectivity index (χ0) is 14.0. The van der Waals surface area contributed by atoms with Gasteiger partial charge in [0, 0.05) is 5.56 Å². The van der Waals surface area contributed by atoms with Crippen LogP contribution in [0.25, 0.3) is 11.1 Å². The van der Waals surface area contributed by atoms with Crippen molar-refractivity contribution in [3.8, 4) is 11.1 Å². The molecule has 0 atom stereocenters. The minimum atomic E-state index is -1.09. The molecule has 98 valence electrons. The van der Waals surface area contributed by atoms with Crippen molar-refractivity contribution in [3.05, 3.63) is 45.9 Å². The largest absolute Gasteiger partial charge is 0.477 e. The Hall–Kier alpha value is -2.21. The highest BCUT2D eigenvalue weighted by molar-refractivity contribution is 7.12. The maximum absolute atomic E-state index is 13.5. The molecular weight excluding hydrogens is 271 g/mol. The lowest BCUT2D eigenvalue weighted by Gasteiger charge is -2.05. The zero-order valence-electron chi connectivity index (χ0n) is 9.84. The van der Waals surface area contributed by atoms with Gasteiger partial charge in [0.05, 0.1) is 12.7 Å². The first-order chi connectivity index (χ1) is 9.02. The van der Waals surface area contributed by atoms with Gasteiger partial charge in [-0.15, -0.1) is 11.3 Å². The number of benzene rings is 1. The summed E-state index contributed by atoms with van der Waals surface area (Å²) in [5, 5.41) is 10.6. The van der Waals surface area contributed by atoms with Gasteiger partial charge in [0.25, 0.3) is 0 Å². The molecule has 19 heavy (non-hydrogen) atoms. The van der Waals surface area contributed by atoms with Crippen LogP contribution in [0.5, 0.6) is 0 Å². The van der Waals surface area contributed by atoms with Crippen LogP contribution in [0, 0.1) is 5.82 Å². The van der Waals surface area contributed by atoms with Crippen LogP contribution in [0.1, 0.15) is 20.0 Å². The molecule has 0 fully saturated rings. The highest BCUT2D eigenvalue weighted by Crippen LogP contribution is 2.29. The van der Waals surface area contributed by atoms with Gasteiger partial charge in [0.15, 0.2) is 0 Å². The number of aromatic carboxylic acids is 1. The summed E-state index contributed by atoms with van der Waals surface area (Å²) in [4.78, 5) is 22.5. The third-order valence-corrected chi connectivity index (χ3v) is 3.39. The standard InChI is InChI=1S/C13H9FO4S/c1-18-13(17)8-4-7(5-9(14)6-8)10-2-3-19-11(10)12(15)16/h2-6H,1H3,(H,15,16). The van der Waals surface area contributed by atoms with Gasteiger partial charge in [-0.1, -0.05) is 0 Å². The number of carboxylic acid groups (broad SMARTS) is 1. The molecule has 0 aliphatic heterocycles. The molecule has 1 aromatic carbocycles. The smallest absolute Gasteiger partial charge is 0.346 e. The molecule has 1 heterocycles. The van der Waals surface area contributed by atoms with Crippen LogP contribution < -0.4 is 0 Å². The number of carbonyl (C=O) groups excluding carboxylic acids is 1. The highest BCUT2D eigenvalue weighted by atomic mass is 32.1. The predicted molar refractivity (Wildman–Crippen MR) is 68.0 cm³/mol. The van der Waals surface area contributed by atoms with Crippen molar-refractivity contribution in [1.29, 1.82) is 0 Å². The van der Waals surface area contributed by atoms with E-state index in [1.54, 1.807) is 11.4 Å². The van der Waals surface area contributed by atoms with Crippen LogP contribution in [-0.2, 0) is 4.74 Å². The van der Waals surface area contributed by atoms with Crippen LogP contribution >= 0.6 is 11.3 Å². The Morgan fingerprint density at radius 1 is 1.32 bits per heavy atom. The Labute approximate surface area is 112 Å². The first-order valence-corrected chi connectivity index (χ1v) is 6.11. The van der Waals surface area contributed by atoms with E-state index < -0.39 is 17.8 Å². The van der Waals surface area contributed by atoms with Gasteiger partial charge < -0.3 is 9.84 Å². The van der Waals surface area contributed by atoms with Gasteiger partial charge in [0.2, 0.25) is 0 Å². The molecule has 0 bridgehead atoms. The maximum atomic E-state index is 13.5. The van der Waals surface area contributed by atoms with Crippen molar-refractivity contribution >= 4 is 23.3 Å². The molecule has 0 aliphatic carbocycles. The molecular formula is C13H9FO4S. The molecule has 4 nitrogen and oxygen atoms in total. The molecule has 1 aromatic heterocycles. The first kappa shape index (κ1) is 13.2. The molecule has 2 aromatic rings. The van der Waals surface area contributed by atoms with Crippen molar-refractivity contribution in [2.45, 2.75) is 0 Å². The fourth-order valence-corrected chi connectivity index (χ4v) is 2.44. The van der Waals surface area contributed by atoms with E-state index in [0.29, 0.717) is 11.1 Å². The summed E-state index contributed by atoms with van der Waals surface area (Å²) in [6, 6.07) is 5.20. The van der Waals surface area contributed by atoms with Crippen molar-refractivity contribution < 1.29 is 23.8 Å². The van der Waals surface area contributed by atoms with E-state index >= 15 is 0 Å². The van der Waals surface area contributed by atoms with E-state index in [1.165, 1.54) is 19.2 Å². The highest BCUT2D eigenvalue weighted by Gasteiger charge is 2.16. The van der Waals surface area contributed by atoms with Gasteiger partial charge in [-0.05, 0) is 35.2 Å². The number of thiophene rings is 1. The molecule has 0 saturated carbocycles. The first-order valence-electron chi connectivity index (χ1n) is 5.23. The normalized spacial score (nSPS) is 10.2. The second-order valence-corrected chi connectivity index (χ2v) is 4.60. The Morgan fingerprint density at radius 2 is 2.05 bits per heavy atom. The second-order valence-electron chi connectivity index (χ2n) is 3.69. The van der Waals surface area contributed by atoms with Crippen LogP contribution in [0.3, 0.4) is 0 Å². The summed E-state index contributed by atoms with van der Waals surface area (Å²) in [5.41, 5.74) is 0.751. The van der Waals surface area contributed by atoms with E-state index in [0.717, 1.165) is 17.4 Å². The van der Waals surface area contributed by atoms with E-state index in [9.17, 15) is 14.0 Å². The van der Waals surface area contributed by atoms with Gasteiger partial charge in [-0.2, -0.15) is 0 Å². The summed E-state index contributed by atoms with van der Waals surface area (Å²) in [6.45, 7) is 0. The minimum Gasteiger partial charge on any atom is -0.477 e. The Kier molecular flexibility index (Phi) is 3.62. The van der Waals surface area contributed by atoms with Crippen LogP contribution in [0.4, 0.5) is 4.39 Å². The van der Waals surface area contributed by atoms with Crippen LogP contribution in [-0.4, -0.2) is 24.2 Å². The molecule has 0 radical (unpaired) electrons. The zero-order valence-corrected chi connectivity index (χ0v) is 10.7. The lowest BCUT2D eigenvalue weighted by molar-refractivity contribution is 0.0599. The van der Waals surface area contributed by atoms with Gasteiger partial charge in [0.1, 0.15) is 10.7 Å². The molecule has 0 amide bonds. The summed E-state index contributed by atoms with van der Waals surface area (Å²) < 4.78 is 18.0. The summed E-state index contributed by atoms with van der Waals surface area (Å²) in [6.07, 6.45) is 0. The average molecular weight is 280 g/mol. The number of rotatable bonds is 3. The summed E-state index contributed by atoms with van der Waals surface area (Å²) >= 11 is 1.04. The number of ether oxygens (including phenoxy) is 1. The number of hydrogen-bond donors (Lipinski definition) is 1. The van der Waals surface area contributed by atoms with E-state index in [2.05, 4.69) is 4.74 Å². The topological polar surface area (TPSA) is 63.6 Å². The number of carbonyl (C=O) groups is 2. The number of methoxy groups -OCH3 is 1. The van der Waals surface area contributed by atoms with Crippen LogP contribution in [0.15, 0.2) is 29.6 Å². The predicted octanol–water partition coefficient (Wildman–Crippen LogP) is 3.04. The fraction of sp³-hybridized carbons (Fsp3) is 0.0769. The van der Waals surface area contributed by atoms with Gasteiger partial charge in [-0.3, -0.25) is 0 Å². The van der Waals surface area contributed by atoms with E-state index in [1.807, 2.05) is 0 Å². The lowest BCUT2D eigenvalue weighted by atomic mass is 10.0. The third kappa shape index (κ3) is 2.63. The minimum absolute atomic E-state index is 0.0417. The Bertz CT molecular complexity index is 648. The van der Waals surface area contributed by atoms with Crippen LogP contribution in [0.2, 0.25) is 0 Å². The van der Waals surface area contributed by atoms with Crippen molar-refractivity contribution in [2.75, 3.05) is 7.11 Å². The number of esters is 1. The number of carboxylic acids is 1. The summed E-state index contributed by atoms with van der Waals surface area (Å²) in [5.74, 6) is -2.39. The van der Waals surface area contributed by atoms with Crippen molar-refractivity contribution in [1.82, 2.24) is 0 Å². The van der Waals surface area contributed by atoms with Gasteiger partial charge in [-0.25, -0.2) is 14.0 Å². The SMILES string of the molecule is COC(=O)c1cc(F)cc(-c2ccsc2C(=O)O)c1. The molecule has 0 spiro atoms.